The lowest BCUT2D eigenvalue weighted by Crippen LogP contribution is -2.37. The van der Waals surface area contributed by atoms with Gasteiger partial charge in [0.2, 0.25) is 0 Å². The molecule has 0 N–H and O–H groups in total. The van der Waals surface area contributed by atoms with E-state index in [1.54, 1.807) is 16.7 Å². The average Bonchev–Trinajstić information content (AvgIpc) is 2.90. The van der Waals surface area contributed by atoms with Crippen molar-refractivity contribution in [1.82, 2.24) is 9.13 Å². The molecule has 2 aromatic heterocycles. The van der Waals surface area contributed by atoms with Gasteiger partial charge < -0.3 is 0 Å². The third-order valence-electron chi connectivity index (χ3n) is 3.18. The summed E-state index contributed by atoms with van der Waals surface area (Å²) >= 11 is 7.31. The third-order valence-corrected chi connectivity index (χ3v) is 4.31. The zero-order valence-corrected chi connectivity index (χ0v) is 12.2. The van der Waals surface area contributed by atoms with Gasteiger partial charge in [0.25, 0.3) is 5.56 Å². The number of nitrogens with zero attached hydrogens (tertiary/aromatic N) is 2. The molecule has 3 aromatic rings. The summed E-state index contributed by atoms with van der Waals surface area (Å²) in [5.74, 6) is 0. The maximum atomic E-state index is 12.3. The van der Waals surface area contributed by atoms with Gasteiger partial charge in [0, 0.05) is 12.1 Å². The van der Waals surface area contributed by atoms with Crippen LogP contribution in [-0.4, -0.2) is 9.13 Å². The second-order valence-electron chi connectivity index (χ2n) is 4.50. The monoisotopic (exact) mass is 306 g/mol. The van der Waals surface area contributed by atoms with Gasteiger partial charge in [0.1, 0.15) is 4.70 Å². The van der Waals surface area contributed by atoms with E-state index in [1.807, 2.05) is 23.6 Å². The van der Waals surface area contributed by atoms with Crippen LogP contribution in [0.25, 0.3) is 10.2 Å². The molecule has 2 heterocycles. The zero-order chi connectivity index (χ0) is 14.3. The van der Waals surface area contributed by atoms with Crippen molar-refractivity contribution < 1.29 is 0 Å². The minimum absolute atomic E-state index is 0.248. The van der Waals surface area contributed by atoms with Crippen LogP contribution in [0.4, 0.5) is 0 Å². The van der Waals surface area contributed by atoms with Crippen LogP contribution in [0.3, 0.4) is 0 Å². The highest BCUT2D eigenvalue weighted by atomic mass is 35.5. The summed E-state index contributed by atoms with van der Waals surface area (Å²) in [6, 6.07) is 9.15. The van der Waals surface area contributed by atoms with Crippen molar-refractivity contribution in [3.8, 4) is 0 Å². The summed E-state index contributed by atoms with van der Waals surface area (Å²) in [6.45, 7) is 0.390. The molecule has 0 aliphatic carbocycles. The summed E-state index contributed by atoms with van der Waals surface area (Å²) in [4.78, 5) is 24.3. The first kappa shape index (κ1) is 13.1. The molecule has 0 radical (unpaired) electrons. The molecule has 0 amide bonds. The molecule has 0 saturated carbocycles. The molecule has 4 nitrogen and oxygen atoms in total. The smallest absolute Gasteiger partial charge is 0.288 e. The number of hydrogen-bond acceptors (Lipinski definition) is 3. The van der Waals surface area contributed by atoms with Crippen molar-refractivity contribution in [2.75, 3.05) is 0 Å². The van der Waals surface area contributed by atoms with Crippen LogP contribution in [0.5, 0.6) is 0 Å². The Kier molecular flexibility index (Phi) is 3.23. The molecule has 3 rings (SSSR count). The molecule has 0 saturated heterocycles. The van der Waals surface area contributed by atoms with E-state index in [1.165, 1.54) is 18.4 Å². The number of aromatic nitrogens is 2. The largest absolute Gasteiger partial charge is 0.331 e. The zero-order valence-electron chi connectivity index (χ0n) is 10.7. The average molecular weight is 307 g/mol. The van der Waals surface area contributed by atoms with Gasteiger partial charge in [0.05, 0.1) is 12.1 Å². The lowest BCUT2D eigenvalue weighted by molar-refractivity contribution is 0.675. The Morgan fingerprint density at radius 3 is 2.80 bits per heavy atom. The lowest BCUT2D eigenvalue weighted by atomic mass is 10.2. The maximum Gasteiger partial charge on any atom is 0.331 e. The van der Waals surface area contributed by atoms with Crippen LogP contribution in [0.1, 0.15) is 5.56 Å². The molecular formula is C14H11ClN2O2S. The van der Waals surface area contributed by atoms with E-state index in [4.69, 9.17) is 11.6 Å². The van der Waals surface area contributed by atoms with Crippen LogP contribution in [-0.2, 0) is 13.6 Å². The van der Waals surface area contributed by atoms with Gasteiger partial charge in [-0.25, -0.2) is 4.79 Å². The van der Waals surface area contributed by atoms with Crippen molar-refractivity contribution in [1.29, 1.82) is 0 Å². The van der Waals surface area contributed by atoms with Crippen molar-refractivity contribution in [3.05, 3.63) is 67.1 Å². The Balaban J connectivity index is 2.24. The van der Waals surface area contributed by atoms with Crippen molar-refractivity contribution in [3.63, 3.8) is 0 Å². The summed E-state index contributed by atoms with van der Waals surface area (Å²) < 4.78 is 3.33. The van der Waals surface area contributed by atoms with E-state index in [9.17, 15) is 9.59 Å². The molecule has 0 spiro atoms. The highest BCUT2D eigenvalue weighted by molar-refractivity contribution is 7.17. The number of fused-ring (bicyclic) bond motifs is 1. The molecule has 102 valence electrons. The van der Waals surface area contributed by atoms with Crippen LogP contribution >= 0.6 is 22.9 Å². The summed E-state index contributed by atoms with van der Waals surface area (Å²) in [5.41, 5.74) is 1.03. The van der Waals surface area contributed by atoms with Crippen molar-refractivity contribution >= 4 is 33.2 Å². The quantitative estimate of drug-likeness (QED) is 0.730. The molecule has 0 aliphatic rings. The number of hydrogen-bond donors (Lipinski definition) is 0. The van der Waals surface area contributed by atoms with Crippen molar-refractivity contribution in [2.24, 2.45) is 7.05 Å². The van der Waals surface area contributed by atoms with Crippen LogP contribution in [0.15, 0.2) is 45.3 Å². The molecule has 20 heavy (non-hydrogen) atoms. The first-order chi connectivity index (χ1) is 9.58. The van der Waals surface area contributed by atoms with Crippen molar-refractivity contribution in [2.45, 2.75) is 6.54 Å². The minimum Gasteiger partial charge on any atom is -0.288 e. The van der Waals surface area contributed by atoms with Gasteiger partial charge in [-0.3, -0.25) is 13.9 Å². The third kappa shape index (κ3) is 2.09. The second kappa shape index (κ2) is 4.92. The number of benzene rings is 1. The molecule has 0 fully saturated rings. The van der Waals surface area contributed by atoms with Crippen LogP contribution < -0.4 is 11.2 Å². The number of halogens is 1. The fourth-order valence-corrected chi connectivity index (χ4v) is 3.25. The van der Waals surface area contributed by atoms with E-state index in [-0.39, 0.29) is 11.2 Å². The predicted molar refractivity (Wildman–Crippen MR) is 81.9 cm³/mol. The Bertz CT molecular complexity index is 907. The number of thiophene rings is 1. The van der Waals surface area contributed by atoms with E-state index in [0.29, 0.717) is 21.8 Å². The summed E-state index contributed by atoms with van der Waals surface area (Å²) in [7, 11) is 1.50. The van der Waals surface area contributed by atoms with Crippen LogP contribution in [0.2, 0.25) is 5.02 Å². The number of rotatable bonds is 2. The first-order valence-electron chi connectivity index (χ1n) is 5.99. The molecular weight excluding hydrogens is 296 g/mol. The summed E-state index contributed by atoms with van der Waals surface area (Å²) in [5, 5.41) is 2.45. The topological polar surface area (TPSA) is 44.0 Å². The van der Waals surface area contributed by atoms with Gasteiger partial charge in [-0.2, -0.15) is 0 Å². The molecule has 0 bridgehead atoms. The SMILES string of the molecule is Cn1c(=O)c2sccc2n(Cc2cccc(Cl)c2)c1=O. The Hall–Kier alpha value is -1.85. The van der Waals surface area contributed by atoms with E-state index >= 15 is 0 Å². The normalized spacial score (nSPS) is 11.1. The van der Waals surface area contributed by atoms with Gasteiger partial charge in [-0.15, -0.1) is 11.3 Å². The Morgan fingerprint density at radius 2 is 2.05 bits per heavy atom. The standard InChI is InChI=1S/C14H11ClN2O2S/c1-16-13(18)12-11(5-6-20-12)17(14(16)19)8-9-3-2-4-10(15)7-9/h2-7H,8H2,1H3. The fraction of sp³-hybridized carbons (Fsp3) is 0.143. The minimum atomic E-state index is -0.319. The van der Waals surface area contributed by atoms with Gasteiger partial charge >= 0.3 is 5.69 Å². The second-order valence-corrected chi connectivity index (χ2v) is 5.85. The highest BCUT2D eigenvalue weighted by Crippen LogP contribution is 2.17. The Labute approximate surface area is 123 Å². The molecule has 0 unspecified atom stereocenters. The first-order valence-corrected chi connectivity index (χ1v) is 7.25. The van der Waals surface area contributed by atoms with Gasteiger partial charge in [-0.05, 0) is 29.1 Å². The van der Waals surface area contributed by atoms with Gasteiger partial charge in [-0.1, -0.05) is 23.7 Å². The molecule has 1 aromatic carbocycles. The Morgan fingerprint density at radius 1 is 1.25 bits per heavy atom. The lowest BCUT2D eigenvalue weighted by Gasteiger charge is -2.10. The molecule has 0 aliphatic heterocycles. The van der Waals surface area contributed by atoms with E-state index in [0.717, 1.165) is 10.1 Å². The predicted octanol–water partition coefficient (Wildman–Crippen LogP) is 2.46. The maximum absolute atomic E-state index is 12.3. The van der Waals surface area contributed by atoms with Gasteiger partial charge in [0.15, 0.2) is 0 Å². The molecule has 0 atom stereocenters. The van der Waals surface area contributed by atoms with Crippen LogP contribution in [0, 0.1) is 0 Å². The van der Waals surface area contributed by atoms with E-state index in [2.05, 4.69) is 0 Å². The molecule has 6 heteroatoms. The fourth-order valence-electron chi connectivity index (χ4n) is 2.17. The van der Waals surface area contributed by atoms with E-state index < -0.39 is 0 Å². The highest BCUT2D eigenvalue weighted by Gasteiger charge is 2.12. The summed E-state index contributed by atoms with van der Waals surface area (Å²) in [6.07, 6.45) is 0.